The first-order chi connectivity index (χ1) is 34.5. The van der Waals surface area contributed by atoms with Crippen LogP contribution in [0.5, 0.6) is 0 Å². The summed E-state index contributed by atoms with van der Waals surface area (Å²) in [5, 5.41) is 0. The van der Waals surface area contributed by atoms with E-state index in [9.17, 15) is 5.53 Å². The van der Waals surface area contributed by atoms with E-state index >= 15 is 0 Å². The third-order valence-corrected chi connectivity index (χ3v) is 14.3. The number of hydrogen-bond donors (Lipinski definition) is 0. The van der Waals surface area contributed by atoms with Gasteiger partial charge in [-0.25, -0.2) is 4.70 Å². The minimum absolute atomic E-state index is 0. The Bertz CT molecular complexity index is 1530. The number of nitrogens with zero attached hydrogens (tertiary/aromatic N) is 2. The second kappa shape index (κ2) is 52.6. The Labute approximate surface area is 454 Å². The van der Waals surface area contributed by atoms with Crippen LogP contribution >= 0.6 is 0 Å². The molecule has 0 fully saturated rings. The first kappa shape index (κ1) is 68.8. The van der Waals surface area contributed by atoms with Crippen LogP contribution in [-0.2, 0) is 29.3 Å². The van der Waals surface area contributed by atoms with Crippen LogP contribution in [0, 0.1) is 13.8 Å². The molecule has 3 rings (SSSR count). The molecular weight excluding hydrogens is 903 g/mol. The molecule has 0 aliphatic carbocycles. The Morgan fingerprint density at radius 3 is 1.30 bits per heavy atom. The predicted octanol–water partition coefficient (Wildman–Crippen LogP) is 23.9. The molecule has 0 saturated heterocycles. The Morgan fingerprint density at radius 1 is 0.423 bits per heavy atom. The molecule has 1 aliphatic rings. The monoisotopic (exact) mass is 1020 g/mol. The third kappa shape index (κ3) is 37.2. The number of benzene rings is 2. The van der Waals surface area contributed by atoms with Crippen molar-refractivity contribution in [1.82, 2.24) is 0 Å². The maximum absolute atomic E-state index is 11.7. The van der Waals surface area contributed by atoms with E-state index in [-0.39, 0.29) is 16.5 Å². The smallest absolute Gasteiger partial charge is 0.493 e. The maximum Gasteiger partial charge on any atom is 2.00 e. The minimum atomic E-state index is 0. The first-order valence-corrected chi connectivity index (χ1v) is 30.9. The summed E-state index contributed by atoms with van der Waals surface area (Å²) in [6.45, 7) is 19.0. The largest absolute Gasteiger partial charge is 2.00 e. The molecule has 2 nitrogen and oxygen atoms in total. The molecule has 0 amide bonds. The molecule has 3 heteroatoms. The van der Waals surface area contributed by atoms with Gasteiger partial charge in [-0.05, 0) is 87.1 Å². The second-order valence-corrected chi connectivity index (χ2v) is 21.0. The van der Waals surface area contributed by atoms with Gasteiger partial charge in [0.2, 0.25) is 11.4 Å². The van der Waals surface area contributed by atoms with Crippen LogP contribution < -0.4 is 0 Å². The molecule has 0 atom stereocenters. The van der Waals surface area contributed by atoms with Crippen molar-refractivity contribution in [2.45, 2.75) is 311 Å². The van der Waals surface area contributed by atoms with Crippen molar-refractivity contribution < 1.29 is 21.2 Å². The molecule has 0 aromatic heterocycles. The Balaban J connectivity index is 0.00000176. The van der Waals surface area contributed by atoms with E-state index in [0.717, 1.165) is 80.3 Å². The quantitative estimate of drug-likeness (QED) is 0.0208. The van der Waals surface area contributed by atoms with Crippen LogP contribution in [0.2, 0.25) is 0 Å². The van der Waals surface area contributed by atoms with Crippen LogP contribution in [-0.4, -0.2) is 4.70 Å². The summed E-state index contributed by atoms with van der Waals surface area (Å²) < 4.78 is 1.49. The molecule has 71 heavy (non-hydrogen) atoms. The normalized spacial score (nSPS) is 12.2. The van der Waals surface area contributed by atoms with Gasteiger partial charge in [-0.2, -0.15) is 12.8 Å². The van der Waals surface area contributed by atoms with Gasteiger partial charge in [0, 0.05) is 22.8 Å². The zero-order valence-electron chi connectivity index (χ0n) is 47.9. The number of hydrogen-bond acceptors (Lipinski definition) is 0. The van der Waals surface area contributed by atoms with E-state index in [1.54, 1.807) is 0 Å². The van der Waals surface area contributed by atoms with Gasteiger partial charge in [0.15, 0.2) is 0 Å². The number of allylic oxidation sites excluding steroid dienone is 4. The van der Waals surface area contributed by atoms with Crippen LogP contribution in [0.15, 0.2) is 72.3 Å². The summed E-state index contributed by atoms with van der Waals surface area (Å²) in [4.78, 5) is 0. The van der Waals surface area contributed by atoms with Crippen molar-refractivity contribution in [3.63, 3.8) is 0 Å². The Kier molecular flexibility index (Phi) is 50.9. The van der Waals surface area contributed by atoms with E-state index in [0.29, 0.717) is 0 Å². The molecule has 0 unspecified atom stereocenters. The molecule has 2 aromatic rings. The van der Waals surface area contributed by atoms with Gasteiger partial charge in [0.25, 0.3) is 0 Å². The van der Waals surface area contributed by atoms with E-state index in [4.69, 9.17) is 0 Å². The fraction of sp³-hybridized carbons (Fsp3) is 0.706. The van der Waals surface area contributed by atoms with Crippen LogP contribution in [0.4, 0.5) is 0 Å². The van der Waals surface area contributed by atoms with Gasteiger partial charge in [-0.3, -0.25) is 0 Å². The molecule has 0 N–H and O–H groups in total. The van der Waals surface area contributed by atoms with Crippen molar-refractivity contribution in [1.29, 1.82) is 0 Å². The van der Waals surface area contributed by atoms with Gasteiger partial charge in [-0.15, -0.1) is 0 Å². The molecule has 0 saturated carbocycles. The average molecular weight is 1020 g/mol. The van der Waals surface area contributed by atoms with E-state index in [2.05, 4.69) is 115 Å². The van der Waals surface area contributed by atoms with Crippen molar-refractivity contribution in [3.05, 3.63) is 114 Å². The summed E-state index contributed by atoms with van der Waals surface area (Å²) >= 11 is 0. The number of aryl methyl sites for hydroxylation is 2. The zero-order valence-corrected chi connectivity index (χ0v) is 48.9. The van der Waals surface area contributed by atoms with Gasteiger partial charge < -0.3 is 19.4 Å². The van der Waals surface area contributed by atoms with Crippen molar-refractivity contribution in [3.8, 4) is 0 Å². The van der Waals surface area contributed by atoms with Gasteiger partial charge in [0.05, 0.1) is 0 Å². The Hall–Kier alpha value is -2.25. The molecule has 1 heterocycles. The fourth-order valence-electron chi connectivity index (χ4n) is 9.75. The van der Waals surface area contributed by atoms with Gasteiger partial charge in [-0.1, -0.05) is 283 Å². The minimum Gasteiger partial charge on any atom is -0.493 e. The Morgan fingerprint density at radius 2 is 0.831 bits per heavy atom. The molecule has 0 spiro atoms. The SMILES string of the molecule is CCCCCCCCCCCCCCCCCC=CCCCc1ccccc1C1=CC(CCCC)=C(c2cccc(CCCC)c2)[N+]1=[N-].[CH2-]CCCCCCCCCC.[CH2-]CCCCCCCCCC.[Ni+2]. The number of rotatable bonds is 44. The fourth-order valence-corrected chi connectivity index (χ4v) is 9.75. The van der Waals surface area contributed by atoms with E-state index < -0.39 is 0 Å². The van der Waals surface area contributed by atoms with Crippen LogP contribution in [0.3, 0.4) is 0 Å². The van der Waals surface area contributed by atoms with Crippen molar-refractivity contribution >= 4 is 11.4 Å². The number of unbranched alkanes of at least 4 members (excludes halogenated alkanes) is 34. The van der Waals surface area contributed by atoms with Crippen molar-refractivity contribution in [2.24, 2.45) is 0 Å². The van der Waals surface area contributed by atoms with Gasteiger partial charge in [0.1, 0.15) is 0 Å². The topological polar surface area (TPSA) is 25.3 Å². The van der Waals surface area contributed by atoms with Crippen molar-refractivity contribution in [2.75, 3.05) is 0 Å². The second-order valence-electron chi connectivity index (χ2n) is 21.0. The third-order valence-electron chi connectivity index (χ3n) is 14.3. The molecule has 0 bridgehead atoms. The molecule has 408 valence electrons. The summed E-state index contributed by atoms with van der Waals surface area (Å²) in [6, 6.07) is 17.5. The molecule has 1 aliphatic heterocycles. The standard InChI is InChI=1S/C46H70N2.2C11H23.Ni/c1-4-7-10-11-12-13-14-15-16-17-18-19-20-21-22-23-24-25-26-27-34-41-35-28-29-37-44(41)45-39-43(33-9-6-3)46(48(45)47)42-36-30-32-40(38-42)31-8-5-2;2*1-3-5-7-9-11-10-8-6-4-2;/h24-25,28-30,32,35-39H,4-23,26-27,31,33-34H2,1-3H3;2*1,3-11H2,2H3;/q;2*-1;+2. The van der Waals surface area contributed by atoms with E-state index in [1.165, 1.54) is 240 Å². The summed E-state index contributed by atoms with van der Waals surface area (Å²) in [7, 11) is 0. The molecule has 0 radical (unpaired) electrons. The van der Waals surface area contributed by atoms with Gasteiger partial charge >= 0.3 is 16.5 Å². The predicted molar refractivity (Wildman–Crippen MR) is 316 cm³/mol. The van der Waals surface area contributed by atoms with Crippen LogP contribution in [0.25, 0.3) is 16.9 Å². The zero-order chi connectivity index (χ0) is 50.8. The average Bonchev–Trinajstić information content (AvgIpc) is 3.71. The van der Waals surface area contributed by atoms with Crippen LogP contribution in [0.1, 0.15) is 320 Å². The molecular formula is C68H116N2Ni. The first-order valence-electron chi connectivity index (χ1n) is 30.9. The summed E-state index contributed by atoms with van der Waals surface area (Å²) in [6.07, 6.45) is 64.4. The van der Waals surface area contributed by atoms with E-state index in [1.807, 2.05) is 0 Å². The summed E-state index contributed by atoms with van der Waals surface area (Å²) in [5.41, 5.74) is 19.8. The summed E-state index contributed by atoms with van der Waals surface area (Å²) in [5.74, 6) is 0. The maximum atomic E-state index is 11.7. The molecule has 2 aromatic carbocycles.